The van der Waals surface area contributed by atoms with Gasteiger partial charge in [-0.25, -0.2) is 4.98 Å². The normalized spacial score (nSPS) is 20.0. The van der Waals surface area contributed by atoms with Crippen LogP contribution in [0.2, 0.25) is 0 Å². The summed E-state index contributed by atoms with van der Waals surface area (Å²) in [6, 6.07) is 4.18. The third-order valence-corrected chi connectivity index (χ3v) is 3.41. The number of rotatable bonds is 5. The van der Waals surface area contributed by atoms with Crippen LogP contribution in [0.4, 0.5) is 5.82 Å². The van der Waals surface area contributed by atoms with E-state index < -0.39 is 0 Å². The Morgan fingerprint density at radius 2 is 2.32 bits per heavy atom. The molecular weight excluding hydrogens is 238 g/mol. The fraction of sp³-hybridized carbons (Fsp3) is 0.667. The number of anilines is 1. The van der Waals surface area contributed by atoms with Crippen LogP contribution in [0.1, 0.15) is 32.3 Å². The van der Waals surface area contributed by atoms with Crippen molar-refractivity contribution in [2.75, 3.05) is 24.5 Å². The van der Waals surface area contributed by atoms with E-state index in [1.807, 2.05) is 6.20 Å². The Labute approximate surface area is 115 Å². The molecule has 2 rings (SSSR count). The molecule has 1 unspecified atom stereocenters. The van der Waals surface area contributed by atoms with E-state index in [-0.39, 0.29) is 6.10 Å². The maximum Gasteiger partial charge on any atom is 0.128 e. The van der Waals surface area contributed by atoms with Gasteiger partial charge in [-0.1, -0.05) is 19.9 Å². The first kappa shape index (κ1) is 14.3. The van der Waals surface area contributed by atoms with Gasteiger partial charge in [0.25, 0.3) is 0 Å². The first-order valence-electron chi connectivity index (χ1n) is 7.24. The molecule has 1 aliphatic rings. The minimum atomic E-state index is -0.206. The number of aliphatic hydroxyl groups excluding tert-OH is 1. The number of hydrogen-bond acceptors (Lipinski definition) is 4. The maximum atomic E-state index is 9.68. The third kappa shape index (κ3) is 4.48. The van der Waals surface area contributed by atoms with Gasteiger partial charge in [0.1, 0.15) is 5.82 Å². The highest BCUT2D eigenvalue weighted by Gasteiger charge is 2.18. The molecule has 1 aromatic rings. The largest absolute Gasteiger partial charge is 0.391 e. The minimum Gasteiger partial charge on any atom is -0.391 e. The summed E-state index contributed by atoms with van der Waals surface area (Å²) in [7, 11) is 0. The molecule has 0 spiro atoms. The summed E-state index contributed by atoms with van der Waals surface area (Å²) in [5.74, 6) is 1.65. The fourth-order valence-electron chi connectivity index (χ4n) is 2.38. The molecule has 1 aromatic heterocycles. The summed E-state index contributed by atoms with van der Waals surface area (Å²) in [6.45, 7) is 8.01. The smallest absolute Gasteiger partial charge is 0.128 e. The number of β-amino-alcohol motifs (C(OH)–C–C–N with tert-alkyl or cyclic N) is 1. The van der Waals surface area contributed by atoms with Crippen molar-refractivity contribution in [3.8, 4) is 0 Å². The number of piperidine rings is 1. The number of nitrogens with zero attached hydrogens (tertiary/aromatic N) is 2. The van der Waals surface area contributed by atoms with Crippen molar-refractivity contribution in [3.63, 3.8) is 0 Å². The highest BCUT2D eigenvalue weighted by atomic mass is 16.3. The van der Waals surface area contributed by atoms with Gasteiger partial charge in [-0.3, -0.25) is 0 Å². The number of hydrogen-bond donors (Lipinski definition) is 2. The van der Waals surface area contributed by atoms with Crippen LogP contribution >= 0.6 is 0 Å². The lowest BCUT2D eigenvalue weighted by molar-refractivity contribution is 0.154. The zero-order chi connectivity index (χ0) is 13.7. The molecule has 0 saturated carbocycles. The molecule has 0 aromatic carbocycles. The number of nitrogens with one attached hydrogen (secondary N) is 1. The average Bonchev–Trinajstić information content (AvgIpc) is 2.39. The Morgan fingerprint density at radius 1 is 1.47 bits per heavy atom. The zero-order valence-corrected chi connectivity index (χ0v) is 12.0. The van der Waals surface area contributed by atoms with Crippen LogP contribution in [0.5, 0.6) is 0 Å². The molecule has 1 fully saturated rings. The lowest BCUT2D eigenvalue weighted by Gasteiger charge is -2.31. The van der Waals surface area contributed by atoms with Gasteiger partial charge >= 0.3 is 0 Å². The van der Waals surface area contributed by atoms with Crippen LogP contribution in [-0.4, -0.2) is 35.8 Å². The van der Waals surface area contributed by atoms with Crippen molar-refractivity contribution in [1.82, 2.24) is 10.3 Å². The highest BCUT2D eigenvalue weighted by molar-refractivity contribution is 5.40. The van der Waals surface area contributed by atoms with Gasteiger partial charge in [0.15, 0.2) is 0 Å². The molecule has 2 N–H and O–H groups in total. The SMILES string of the molecule is CC(C)CNCc1ccc(N2CCCC(O)C2)nc1. The summed E-state index contributed by atoms with van der Waals surface area (Å²) >= 11 is 0. The Hall–Kier alpha value is -1.13. The van der Waals surface area contributed by atoms with Crippen LogP contribution in [-0.2, 0) is 6.54 Å². The van der Waals surface area contributed by atoms with Gasteiger partial charge in [-0.15, -0.1) is 0 Å². The predicted molar refractivity (Wildman–Crippen MR) is 78.2 cm³/mol. The van der Waals surface area contributed by atoms with Gasteiger partial charge in [0.05, 0.1) is 6.10 Å². The second-order valence-corrected chi connectivity index (χ2v) is 5.79. The molecule has 2 heterocycles. The van der Waals surface area contributed by atoms with Gasteiger partial charge in [0.2, 0.25) is 0 Å². The Bertz CT molecular complexity index is 377. The minimum absolute atomic E-state index is 0.206. The number of aromatic nitrogens is 1. The van der Waals surface area contributed by atoms with Crippen LogP contribution in [0, 0.1) is 5.92 Å². The first-order chi connectivity index (χ1) is 9.15. The molecule has 0 bridgehead atoms. The van der Waals surface area contributed by atoms with E-state index in [9.17, 15) is 5.11 Å². The molecule has 0 aliphatic carbocycles. The van der Waals surface area contributed by atoms with Gasteiger partial charge in [-0.05, 0) is 36.9 Å². The highest BCUT2D eigenvalue weighted by Crippen LogP contribution is 2.17. The van der Waals surface area contributed by atoms with Crippen molar-refractivity contribution < 1.29 is 5.11 Å². The monoisotopic (exact) mass is 263 g/mol. The molecule has 4 nitrogen and oxygen atoms in total. The quantitative estimate of drug-likeness (QED) is 0.850. The molecular formula is C15H25N3O. The number of aliphatic hydroxyl groups is 1. The molecule has 4 heteroatoms. The Kier molecular flexibility index (Phi) is 5.16. The number of pyridine rings is 1. The van der Waals surface area contributed by atoms with Crippen molar-refractivity contribution in [2.45, 2.75) is 39.3 Å². The van der Waals surface area contributed by atoms with E-state index in [1.165, 1.54) is 5.56 Å². The maximum absolute atomic E-state index is 9.68. The molecule has 1 saturated heterocycles. The van der Waals surface area contributed by atoms with E-state index in [1.54, 1.807) is 0 Å². The Balaban J connectivity index is 1.87. The van der Waals surface area contributed by atoms with Crippen LogP contribution in [0.25, 0.3) is 0 Å². The third-order valence-electron chi connectivity index (χ3n) is 3.41. The predicted octanol–water partition coefficient (Wildman–Crippen LogP) is 1.79. The van der Waals surface area contributed by atoms with E-state index in [0.717, 1.165) is 38.3 Å². The van der Waals surface area contributed by atoms with E-state index >= 15 is 0 Å². The summed E-state index contributed by atoms with van der Waals surface area (Å²) in [5.41, 5.74) is 1.21. The van der Waals surface area contributed by atoms with Gasteiger partial charge < -0.3 is 15.3 Å². The van der Waals surface area contributed by atoms with Crippen LogP contribution in [0.3, 0.4) is 0 Å². The summed E-state index contributed by atoms with van der Waals surface area (Å²) in [4.78, 5) is 6.68. The first-order valence-corrected chi connectivity index (χ1v) is 7.24. The zero-order valence-electron chi connectivity index (χ0n) is 12.0. The van der Waals surface area contributed by atoms with Gasteiger partial charge in [0, 0.05) is 25.8 Å². The molecule has 19 heavy (non-hydrogen) atoms. The fourth-order valence-corrected chi connectivity index (χ4v) is 2.38. The standard InChI is InChI=1S/C15H25N3O/c1-12(2)8-16-9-13-5-6-15(17-10-13)18-7-3-4-14(19)11-18/h5-6,10,12,14,16,19H,3-4,7-9,11H2,1-2H3. The van der Waals surface area contributed by atoms with Crippen LogP contribution < -0.4 is 10.2 Å². The van der Waals surface area contributed by atoms with Gasteiger partial charge in [-0.2, -0.15) is 0 Å². The summed E-state index contributed by atoms with van der Waals surface area (Å²) in [5, 5.41) is 13.1. The topological polar surface area (TPSA) is 48.4 Å². The van der Waals surface area contributed by atoms with Crippen molar-refractivity contribution in [1.29, 1.82) is 0 Å². The lowest BCUT2D eigenvalue weighted by atomic mass is 10.1. The molecule has 1 aliphatic heterocycles. The van der Waals surface area contributed by atoms with Crippen molar-refractivity contribution >= 4 is 5.82 Å². The summed E-state index contributed by atoms with van der Waals surface area (Å²) < 4.78 is 0. The molecule has 0 radical (unpaired) electrons. The van der Waals surface area contributed by atoms with E-state index in [4.69, 9.17) is 0 Å². The van der Waals surface area contributed by atoms with Crippen molar-refractivity contribution in [3.05, 3.63) is 23.9 Å². The summed E-state index contributed by atoms with van der Waals surface area (Å²) in [6.07, 6.45) is 3.68. The molecule has 1 atom stereocenters. The second-order valence-electron chi connectivity index (χ2n) is 5.79. The van der Waals surface area contributed by atoms with Crippen LogP contribution in [0.15, 0.2) is 18.3 Å². The van der Waals surface area contributed by atoms with Crippen molar-refractivity contribution in [2.24, 2.45) is 5.92 Å². The van der Waals surface area contributed by atoms with E-state index in [0.29, 0.717) is 12.5 Å². The average molecular weight is 263 g/mol. The second kappa shape index (κ2) is 6.87. The lowest BCUT2D eigenvalue weighted by Crippen LogP contribution is -2.38. The molecule has 0 amide bonds. The Morgan fingerprint density at radius 3 is 2.95 bits per heavy atom. The van der Waals surface area contributed by atoms with E-state index in [2.05, 4.69) is 41.2 Å². The molecule has 106 valence electrons.